The van der Waals surface area contributed by atoms with Crippen LogP contribution in [0, 0.1) is 0 Å². The van der Waals surface area contributed by atoms with E-state index in [1.165, 1.54) is 32.1 Å². The molecule has 0 unspecified atom stereocenters. The van der Waals surface area contributed by atoms with Crippen LogP contribution in [0.25, 0.3) is 0 Å². The molecule has 0 radical (unpaired) electrons. The second kappa shape index (κ2) is 7.07. The lowest BCUT2D eigenvalue weighted by Crippen LogP contribution is -2.17. The maximum atomic E-state index is 5.69. The summed E-state index contributed by atoms with van der Waals surface area (Å²) < 4.78 is 5.69. The summed E-state index contributed by atoms with van der Waals surface area (Å²) in [5.41, 5.74) is 0. The number of ether oxygens (including phenoxy) is 1. The molecule has 92 valence electrons. The number of para-hydroxylation sites is 1. The average molecular weight is 233 g/mol. The van der Waals surface area contributed by atoms with Gasteiger partial charge in [0.2, 0.25) is 0 Å². The van der Waals surface area contributed by atoms with Gasteiger partial charge in [-0.2, -0.15) is 0 Å². The van der Waals surface area contributed by atoms with Crippen molar-refractivity contribution in [3.05, 3.63) is 30.3 Å². The van der Waals surface area contributed by atoms with Crippen molar-refractivity contribution in [3.8, 4) is 5.75 Å². The standard InChI is InChI=1S/C14H19NO2/c1-3-7-13(8-4-1)16-12-11-15-17-14-9-5-2-6-10-14/h2,5-6,9-11,13H,1,3-4,7-8,12H2. The molecule has 1 fully saturated rings. The van der Waals surface area contributed by atoms with Gasteiger partial charge in [0.15, 0.2) is 5.75 Å². The topological polar surface area (TPSA) is 30.8 Å². The van der Waals surface area contributed by atoms with E-state index in [9.17, 15) is 0 Å². The fourth-order valence-corrected chi connectivity index (χ4v) is 2.02. The van der Waals surface area contributed by atoms with Crippen LogP contribution in [-0.4, -0.2) is 18.9 Å². The third-order valence-electron chi connectivity index (χ3n) is 2.93. The van der Waals surface area contributed by atoms with Gasteiger partial charge in [-0.25, -0.2) is 0 Å². The Hall–Kier alpha value is -1.35. The molecule has 0 aliphatic heterocycles. The maximum absolute atomic E-state index is 5.69. The molecular formula is C14H19NO2. The van der Waals surface area contributed by atoms with Crippen molar-refractivity contribution in [3.63, 3.8) is 0 Å². The molecule has 1 aromatic carbocycles. The van der Waals surface area contributed by atoms with Crippen molar-refractivity contribution in [2.45, 2.75) is 38.2 Å². The molecule has 1 saturated carbocycles. The monoisotopic (exact) mass is 233 g/mol. The van der Waals surface area contributed by atoms with E-state index in [0.29, 0.717) is 12.7 Å². The van der Waals surface area contributed by atoms with Crippen molar-refractivity contribution in [1.82, 2.24) is 0 Å². The summed E-state index contributed by atoms with van der Waals surface area (Å²) >= 11 is 0. The number of nitrogens with zero attached hydrogens (tertiary/aromatic N) is 1. The smallest absolute Gasteiger partial charge is 0.157 e. The molecular weight excluding hydrogens is 214 g/mol. The van der Waals surface area contributed by atoms with Crippen LogP contribution in [0.1, 0.15) is 32.1 Å². The summed E-state index contributed by atoms with van der Waals surface area (Å²) in [7, 11) is 0. The van der Waals surface area contributed by atoms with E-state index in [2.05, 4.69) is 5.16 Å². The average Bonchev–Trinajstić information content (AvgIpc) is 2.41. The summed E-state index contributed by atoms with van der Waals surface area (Å²) in [6, 6.07) is 9.54. The van der Waals surface area contributed by atoms with Crippen LogP contribution in [0.3, 0.4) is 0 Å². The number of benzene rings is 1. The quantitative estimate of drug-likeness (QED) is 0.576. The van der Waals surface area contributed by atoms with Crippen LogP contribution in [0.15, 0.2) is 35.5 Å². The number of hydrogen-bond acceptors (Lipinski definition) is 3. The van der Waals surface area contributed by atoms with Crippen LogP contribution in [-0.2, 0) is 4.74 Å². The highest BCUT2D eigenvalue weighted by Crippen LogP contribution is 2.19. The molecule has 0 amide bonds. The SMILES string of the molecule is C(COC1CCCCC1)=NOc1ccccc1. The van der Waals surface area contributed by atoms with E-state index in [-0.39, 0.29) is 0 Å². The highest BCUT2D eigenvalue weighted by Gasteiger charge is 2.12. The molecule has 17 heavy (non-hydrogen) atoms. The van der Waals surface area contributed by atoms with Crippen LogP contribution in [0.2, 0.25) is 0 Å². The van der Waals surface area contributed by atoms with Crippen molar-refractivity contribution in [1.29, 1.82) is 0 Å². The molecule has 3 heteroatoms. The van der Waals surface area contributed by atoms with Crippen molar-refractivity contribution >= 4 is 6.21 Å². The first-order valence-electron chi connectivity index (χ1n) is 6.30. The Morgan fingerprint density at radius 2 is 1.88 bits per heavy atom. The van der Waals surface area contributed by atoms with Gasteiger partial charge in [0, 0.05) is 0 Å². The first-order valence-corrected chi connectivity index (χ1v) is 6.30. The van der Waals surface area contributed by atoms with E-state index in [1.807, 2.05) is 30.3 Å². The van der Waals surface area contributed by atoms with Gasteiger partial charge in [-0.05, 0) is 25.0 Å². The van der Waals surface area contributed by atoms with Crippen LogP contribution < -0.4 is 4.84 Å². The minimum absolute atomic E-state index is 0.423. The summed E-state index contributed by atoms with van der Waals surface area (Å²) in [5.74, 6) is 0.751. The Morgan fingerprint density at radius 1 is 1.12 bits per heavy atom. The Balaban J connectivity index is 1.61. The first kappa shape index (κ1) is 12.1. The summed E-state index contributed by atoms with van der Waals surface area (Å²) in [4.78, 5) is 5.18. The minimum atomic E-state index is 0.423. The molecule has 1 aromatic rings. The highest BCUT2D eigenvalue weighted by atomic mass is 16.6. The van der Waals surface area contributed by atoms with E-state index in [0.717, 1.165) is 5.75 Å². The fourth-order valence-electron chi connectivity index (χ4n) is 2.02. The van der Waals surface area contributed by atoms with Gasteiger partial charge < -0.3 is 9.57 Å². The number of hydrogen-bond donors (Lipinski definition) is 0. The zero-order valence-electron chi connectivity index (χ0n) is 10.0. The van der Waals surface area contributed by atoms with Crippen LogP contribution >= 0.6 is 0 Å². The van der Waals surface area contributed by atoms with E-state index < -0.39 is 0 Å². The zero-order valence-corrected chi connectivity index (χ0v) is 10.0. The zero-order chi connectivity index (χ0) is 11.8. The maximum Gasteiger partial charge on any atom is 0.157 e. The van der Waals surface area contributed by atoms with Crippen LogP contribution in [0.4, 0.5) is 0 Å². The lowest BCUT2D eigenvalue weighted by atomic mass is 9.98. The second-order valence-electron chi connectivity index (χ2n) is 4.29. The largest absolute Gasteiger partial charge is 0.372 e. The third kappa shape index (κ3) is 4.57. The van der Waals surface area contributed by atoms with E-state index >= 15 is 0 Å². The predicted octanol–water partition coefficient (Wildman–Crippen LogP) is 3.40. The molecule has 0 N–H and O–H groups in total. The van der Waals surface area contributed by atoms with Gasteiger partial charge in [0.05, 0.1) is 18.9 Å². The minimum Gasteiger partial charge on any atom is -0.372 e. The molecule has 1 aliphatic carbocycles. The van der Waals surface area contributed by atoms with Crippen molar-refractivity contribution in [2.75, 3.05) is 6.61 Å². The first-order chi connectivity index (χ1) is 8.45. The fraction of sp³-hybridized carbons (Fsp3) is 0.500. The van der Waals surface area contributed by atoms with Crippen LogP contribution in [0.5, 0.6) is 5.75 Å². The molecule has 0 atom stereocenters. The van der Waals surface area contributed by atoms with Gasteiger partial charge in [-0.3, -0.25) is 0 Å². The summed E-state index contributed by atoms with van der Waals surface area (Å²) in [6.07, 6.45) is 8.42. The third-order valence-corrected chi connectivity index (χ3v) is 2.93. The molecule has 2 rings (SSSR count). The van der Waals surface area contributed by atoms with Gasteiger partial charge in [-0.15, -0.1) is 0 Å². The van der Waals surface area contributed by atoms with Gasteiger partial charge >= 0.3 is 0 Å². The van der Waals surface area contributed by atoms with Gasteiger partial charge in [-0.1, -0.05) is 42.6 Å². The molecule has 0 saturated heterocycles. The van der Waals surface area contributed by atoms with Gasteiger partial charge in [0.1, 0.15) is 0 Å². The second-order valence-corrected chi connectivity index (χ2v) is 4.29. The predicted molar refractivity (Wildman–Crippen MR) is 68.4 cm³/mol. The lowest BCUT2D eigenvalue weighted by molar-refractivity contribution is 0.0537. The normalized spacial score (nSPS) is 17.4. The summed E-state index contributed by atoms with van der Waals surface area (Å²) in [6.45, 7) is 0.539. The molecule has 0 heterocycles. The number of rotatable bonds is 5. The summed E-state index contributed by atoms with van der Waals surface area (Å²) in [5, 5.41) is 3.88. The van der Waals surface area contributed by atoms with E-state index in [4.69, 9.17) is 9.57 Å². The number of oxime groups is 1. The Morgan fingerprint density at radius 3 is 2.65 bits per heavy atom. The van der Waals surface area contributed by atoms with Crippen molar-refractivity contribution < 1.29 is 9.57 Å². The Labute approximate surface area is 102 Å². The molecule has 1 aliphatic rings. The molecule has 0 aromatic heterocycles. The Bertz CT molecular complexity index is 331. The Kier molecular flexibility index (Phi) is 5.04. The van der Waals surface area contributed by atoms with Gasteiger partial charge in [0.25, 0.3) is 0 Å². The highest BCUT2D eigenvalue weighted by molar-refractivity contribution is 5.57. The molecule has 3 nitrogen and oxygen atoms in total. The lowest BCUT2D eigenvalue weighted by Gasteiger charge is -2.20. The van der Waals surface area contributed by atoms with E-state index in [1.54, 1.807) is 6.21 Å². The molecule has 0 spiro atoms. The molecule has 0 bridgehead atoms. The van der Waals surface area contributed by atoms with Crippen molar-refractivity contribution in [2.24, 2.45) is 5.16 Å².